The summed E-state index contributed by atoms with van der Waals surface area (Å²) in [5.41, 5.74) is 4.34. The Hall–Kier alpha value is -0.660. The van der Waals surface area contributed by atoms with Crippen LogP contribution in [0, 0.1) is 5.41 Å². The Balaban J connectivity index is 2.76. The molecule has 0 aromatic carbocycles. The van der Waals surface area contributed by atoms with Crippen LogP contribution in [0.3, 0.4) is 0 Å². The van der Waals surface area contributed by atoms with Gasteiger partial charge in [0.05, 0.1) is 5.54 Å². The highest BCUT2D eigenvalue weighted by Gasteiger charge is 2.32. The van der Waals surface area contributed by atoms with Gasteiger partial charge in [0.25, 0.3) is 10.2 Å². The van der Waals surface area contributed by atoms with Crippen molar-refractivity contribution in [3.8, 4) is 0 Å². The number of hydrogen-bond acceptors (Lipinski definition) is 3. The van der Waals surface area contributed by atoms with Crippen molar-refractivity contribution < 1.29 is 8.42 Å². The second-order valence-corrected chi connectivity index (χ2v) is 6.63. The molecule has 6 nitrogen and oxygen atoms in total. The van der Waals surface area contributed by atoms with Crippen LogP contribution in [-0.4, -0.2) is 37.2 Å². The molecular formula is C10H22N4O2S. The first-order chi connectivity index (χ1) is 7.76. The van der Waals surface area contributed by atoms with Crippen molar-refractivity contribution in [3.05, 3.63) is 0 Å². The fraction of sp³-hybridized carbons (Fsp3) is 0.900. The van der Waals surface area contributed by atoms with Crippen LogP contribution in [0.25, 0.3) is 0 Å². The molecule has 0 atom stereocenters. The molecule has 0 unspecified atom stereocenters. The Morgan fingerprint density at radius 2 is 1.71 bits per heavy atom. The predicted molar refractivity (Wildman–Crippen MR) is 68.1 cm³/mol. The van der Waals surface area contributed by atoms with Gasteiger partial charge in [0.1, 0.15) is 5.84 Å². The number of hydrogen-bond donors (Lipinski definition) is 3. The zero-order valence-corrected chi connectivity index (χ0v) is 11.3. The molecule has 1 aliphatic heterocycles. The number of nitrogens with two attached hydrogens (primary N) is 1. The van der Waals surface area contributed by atoms with Gasteiger partial charge in [0.2, 0.25) is 0 Å². The van der Waals surface area contributed by atoms with E-state index in [9.17, 15) is 8.42 Å². The monoisotopic (exact) mass is 262 g/mol. The first-order valence-electron chi connectivity index (χ1n) is 5.89. The van der Waals surface area contributed by atoms with Crippen molar-refractivity contribution in [1.29, 1.82) is 5.41 Å². The average Bonchev–Trinajstić information content (AvgIpc) is 2.43. The summed E-state index contributed by atoms with van der Waals surface area (Å²) >= 11 is 0. The third kappa shape index (κ3) is 3.93. The number of nitrogens with zero attached hydrogens (tertiary/aromatic N) is 1. The van der Waals surface area contributed by atoms with Gasteiger partial charge in [-0.1, -0.05) is 12.8 Å². The van der Waals surface area contributed by atoms with Gasteiger partial charge >= 0.3 is 0 Å². The number of amidine groups is 1. The van der Waals surface area contributed by atoms with Gasteiger partial charge in [-0.15, -0.1) is 0 Å². The van der Waals surface area contributed by atoms with Crippen LogP contribution in [0.5, 0.6) is 0 Å². The van der Waals surface area contributed by atoms with E-state index in [-0.39, 0.29) is 5.84 Å². The third-order valence-electron chi connectivity index (χ3n) is 2.96. The molecule has 4 N–H and O–H groups in total. The molecule has 1 heterocycles. The van der Waals surface area contributed by atoms with Crippen molar-refractivity contribution in [2.45, 2.75) is 45.1 Å². The van der Waals surface area contributed by atoms with Crippen molar-refractivity contribution in [1.82, 2.24) is 9.03 Å². The van der Waals surface area contributed by atoms with E-state index in [4.69, 9.17) is 11.1 Å². The van der Waals surface area contributed by atoms with E-state index in [0.29, 0.717) is 13.1 Å². The number of rotatable bonds is 4. The van der Waals surface area contributed by atoms with Crippen LogP contribution in [-0.2, 0) is 10.2 Å². The maximum atomic E-state index is 12.1. The summed E-state index contributed by atoms with van der Waals surface area (Å²) in [5.74, 6) is -0.184. The molecule has 0 aromatic heterocycles. The lowest BCUT2D eigenvalue weighted by atomic mass is 10.1. The molecule has 0 spiro atoms. The maximum absolute atomic E-state index is 12.1. The van der Waals surface area contributed by atoms with Gasteiger partial charge < -0.3 is 5.73 Å². The van der Waals surface area contributed by atoms with Crippen LogP contribution < -0.4 is 10.5 Å². The zero-order chi connectivity index (χ0) is 13.1. The van der Waals surface area contributed by atoms with Crippen molar-refractivity contribution in [2.24, 2.45) is 5.73 Å². The SMILES string of the molecule is CC(C)(NS(=O)(=O)N1CCCCCC1)C(=N)N. The standard InChI is InChI=1S/C10H22N4O2S/c1-10(2,9(11)12)13-17(15,16)14-7-5-3-4-6-8-14/h13H,3-8H2,1-2H3,(H3,11,12). The molecule has 17 heavy (non-hydrogen) atoms. The molecule has 0 radical (unpaired) electrons. The summed E-state index contributed by atoms with van der Waals surface area (Å²) in [6, 6.07) is 0. The molecular weight excluding hydrogens is 240 g/mol. The van der Waals surface area contributed by atoms with Crippen molar-refractivity contribution in [3.63, 3.8) is 0 Å². The molecule has 1 fully saturated rings. The summed E-state index contributed by atoms with van der Waals surface area (Å²) in [6.45, 7) is 4.27. The van der Waals surface area contributed by atoms with Gasteiger partial charge in [-0.05, 0) is 26.7 Å². The van der Waals surface area contributed by atoms with Gasteiger partial charge in [-0.3, -0.25) is 5.41 Å². The third-order valence-corrected chi connectivity index (χ3v) is 4.78. The van der Waals surface area contributed by atoms with E-state index in [1.54, 1.807) is 13.8 Å². The normalized spacial score (nSPS) is 19.9. The quantitative estimate of drug-likeness (QED) is 0.505. The van der Waals surface area contributed by atoms with Crippen LogP contribution in [0.4, 0.5) is 0 Å². The van der Waals surface area contributed by atoms with E-state index in [1.807, 2.05) is 0 Å². The summed E-state index contributed by atoms with van der Waals surface area (Å²) in [7, 11) is -3.55. The van der Waals surface area contributed by atoms with Crippen LogP contribution in [0.15, 0.2) is 0 Å². The van der Waals surface area contributed by atoms with Crippen LogP contribution in [0.1, 0.15) is 39.5 Å². The average molecular weight is 262 g/mol. The number of nitrogens with one attached hydrogen (secondary N) is 2. The summed E-state index contributed by atoms with van der Waals surface area (Å²) in [6.07, 6.45) is 3.92. The van der Waals surface area contributed by atoms with Gasteiger partial charge in [0.15, 0.2) is 0 Å². The Labute approximate surface area is 103 Å². The van der Waals surface area contributed by atoms with Crippen LogP contribution in [0.2, 0.25) is 0 Å². The van der Waals surface area contributed by atoms with Crippen molar-refractivity contribution in [2.75, 3.05) is 13.1 Å². The molecule has 0 aliphatic carbocycles. The maximum Gasteiger partial charge on any atom is 0.280 e. The Morgan fingerprint density at radius 3 is 2.12 bits per heavy atom. The minimum Gasteiger partial charge on any atom is -0.386 e. The smallest absolute Gasteiger partial charge is 0.280 e. The van der Waals surface area contributed by atoms with Gasteiger partial charge in [0, 0.05) is 13.1 Å². The van der Waals surface area contributed by atoms with E-state index >= 15 is 0 Å². The fourth-order valence-corrected chi connectivity index (χ4v) is 3.35. The predicted octanol–water partition coefficient (Wildman–Crippen LogP) is 0.411. The molecule has 0 saturated carbocycles. The zero-order valence-electron chi connectivity index (χ0n) is 10.5. The minimum absolute atomic E-state index is 0.184. The first-order valence-corrected chi connectivity index (χ1v) is 7.33. The topological polar surface area (TPSA) is 99.3 Å². The highest BCUT2D eigenvalue weighted by Crippen LogP contribution is 2.14. The second kappa shape index (κ2) is 5.32. The molecule has 0 amide bonds. The summed E-state index contributed by atoms with van der Waals surface area (Å²) < 4.78 is 28.2. The summed E-state index contributed by atoms with van der Waals surface area (Å²) in [5, 5.41) is 7.37. The summed E-state index contributed by atoms with van der Waals surface area (Å²) in [4.78, 5) is 0. The molecule has 1 rings (SSSR count). The Morgan fingerprint density at radius 1 is 1.24 bits per heavy atom. The second-order valence-electron chi connectivity index (χ2n) is 4.96. The largest absolute Gasteiger partial charge is 0.386 e. The van der Waals surface area contributed by atoms with Gasteiger partial charge in [-0.2, -0.15) is 17.4 Å². The lowest BCUT2D eigenvalue weighted by Crippen LogP contribution is -2.56. The highest BCUT2D eigenvalue weighted by atomic mass is 32.2. The Kier molecular flexibility index (Phi) is 4.51. The molecule has 0 bridgehead atoms. The molecule has 0 aromatic rings. The Bertz CT molecular complexity index is 370. The van der Waals surface area contributed by atoms with E-state index in [1.165, 1.54) is 4.31 Å². The van der Waals surface area contributed by atoms with E-state index in [2.05, 4.69) is 4.72 Å². The van der Waals surface area contributed by atoms with E-state index < -0.39 is 15.7 Å². The first kappa shape index (κ1) is 14.4. The highest BCUT2D eigenvalue weighted by molar-refractivity contribution is 7.87. The molecule has 100 valence electrons. The lowest BCUT2D eigenvalue weighted by molar-refractivity contribution is 0.404. The van der Waals surface area contributed by atoms with Crippen molar-refractivity contribution >= 4 is 16.0 Å². The molecule has 7 heteroatoms. The molecule has 1 saturated heterocycles. The molecule has 1 aliphatic rings. The van der Waals surface area contributed by atoms with Gasteiger partial charge in [-0.25, -0.2) is 0 Å². The van der Waals surface area contributed by atoms with E-state index in [0.717, 1.165) is 25.7 Å². The fourth-order valence-electron chi connectivity index (χ4n) is 1.72. The van der Waals surface area contributed by atoms with Crippen LogP contribution >= 0.6 is 0 Å². The minimum atomic E-state index is -3.55. The lowest BCUT2D eigenvalue weighted by Gasteiger charge is -2.28.